The van der Waals surface area contributed by atoms with Crippen LogP contribution in [0.25, 0.3) is 0 Å². The van der Waals surface area contributed by atoms with Gasteiger partial charge in [-0.05, 0) is 25.3 Å². The van der Waals surface area contributed by atoms with Gasteiger partial charge in [0.1, 0.15) is 6.04 Å². The number of hydrogen-bond acceptors (Lipinski definition) is 4. The molecule has 1 heterocycles. The molecule has 0 aliphatic heterocycles. The minimum atomic E-state index is -1.03. The van der Waals surface area contributed by atoms with E-state index in [2.05, 4.69) is 10.3 Å². The molecule has 6 heteroatoms. The summed E-state index contributed by atoms with van der Waals surface area (Å²) in [7, 11) is 0. The summed E-state index contributed by atoms with van der Waals surface area (Å²) in [6, 6.07) is 2.15. The van der Waals surface area contributed by atoms with E-state index in [4.69, 9.17) is 4.74 Å². The van der Waals surface area contributed by atoms with Crippen molar-refractivity contribution in [3.63, 3.8) is 0 Å². The summed E-state index contributed by atoms with van der Waals surface area (Å²) in [5.74, 6) is -1.27. The first-order chi connectivity index (χ1) is 10.4. The fourth-order valence-electron chi connectivity index (χ4n) is 1.81. The summed E-state index contributed by atoms with van der Waals surface area (Å²) in [6.07, 6.45) is 2.96. The first-order valence-corrected chi connectivity index (χ1v) is 7.55. The average molecular weight is 308 g/mol. The summed E-state index contributed by atoms with van der Waals surface area (Å²) in [6.45, 7) is 7.59. The van der Waals surface area contributed by atoms with Crippen LogP contribution in [0.4, 0.5) is 0 Å². The van der Waals surface area contributed by atoms with Crippen molar-refractivity contribution in [2.45, 2.75) is 52.7 Å². The van der Waals surface area contributed by atoms with Crippen molar-refractivity contribution in [1.29, 1.82) is 0 Å². The SMILES string of the molecule is CCC(C)Oc1cc(C(=O)NC(C(=O)O)C(C)CC)ccn1. The highest BCUT2D eigenvalue weighted by Gasteiger charge is 2.25. The molecule has 0 saturated heterocycles. The lowest BCUT2D eigenvalue weighted by Gasteiger charge is -2.20. The number of carbonyl (C=O) groups is 2. The zero-order chi connectivity index (χ0) is 16.7. The third-order valence-corrected chi connectivity index (χ3v) is 3.66. The lowest BCUT2D eigenvalue weighted by Crippen LogP contribution is -2.45. The molecule has 0 aliphatic carbocycles. The van der Waals surface area contributed by atoms with Crippen molar-refractivity contribution in [3.8, 4) is 5.88 Å². The van der Waals surface area contributed by atoms with Gasteiger partial charge in [0, 0.05) is 17.8 Å². The molecular weight excluding hydrogens is 284 g/mol. The molecular formula is C16H24N2O4. The monoisotopic (exact) mass is 308 g/mol. The highest BCUT2D eigenvalue weighted by Crippen LogP contribution is 2.14. The van der Waals surface area contributed by atoms with Gasteiger partial charge in [-0.2, -0.15) is 0 Å². The Morgan fingerprint density at radius 3 is 2.55 bits per heavy atom. The summed E-state index contributed by atoms with van der Waals surface area (Å²) in [5, 5.41) is 11.8. The molecule has 3 unspecified atom stereocenters. The Hall–Kier alpha value is -2.11. The molecule has 1 aromatic heterocycles. The molecule has 1 amide bonds. The quantitative estimate of drug-likeness (QED) is 0.770. The Morgan fingerprint density at radius 2 is 2.00 bits per heavy atom. The van der Waals surface area contributed by atoms with E-state index in [1.165, 1.54) is 18.3 Å². The Morgan fingerprint density at radius 1 is 1.32 bits per heavy atom. The maximum atomic E-state index is 12.2. The highest BCUT2D eigenvalue weighted by atomic mass is 16.5. The van der Waals surface area contributed by atoms with Gasteiger partial charge in [-0.15, -0.1) is 0 Å². The first-order valence-electron chi connectivity index (χ1n) is 7.55. The van der Waals surface area contributed by atoms with Crippen LogP contribution in [0, 0.1) is 5.92 Å². The zero-order valence-electron chi connectivity index (χ0n) is 13.5. The van der Waals surface area contributed by atoms with Crippen molar-refractivity contribution in [2.75, 3.05) is 0 Å². The third-order valence-electron chi connectivity index (χ3n) is 3.66. The number of rotatable bonds is 8. The minimum absolute atomic E-state index is 0.00214. The molecule has 1 rings (SSSR count). The van der Waals surface area contributed by atoms with Crippen molar-refractivity contribution < 1.29 is 19.4 Å². The summed E-state index contributed by atoms with van der Waals surface area (Å²) in [5.41, 5.74) is 0.336. The Kier molecular flexibility index (Phi) is 6.82. The first kappa shape index (κ1) is 17.9. The molecule has 3 atom stereocenters. The lowest BCUT2D eigenvalue weighted by atomic mass is 9.99. The van der Waals surface area contributed by atoms with E-state index in [9.17, 15) is 14.7 Å². The Balaban J connectivity index is 2.84. The number of amides is 1. The van der Waals surface area contributed by atoms with Crippen LogP contribution >= 0.6 is 0 Å². The van der Waals surface area contributed by atoms with Crippen LogP contribution in [-0.4, -0.2) is 34.1 Å². The number of aromatic nitrogens is 1. The standard InChI is InChI=1S/C16H24N2O4/c1-5-10(3)14(16(20)21)18-15(19)12-7-8-17-13(9-12)22-11(4)6-2/h7-11,14H,5-6H2,1-4H3,(H,18,19)(H,20,21). The molecule has 0 spiro atoms. The van der Waals surface area contributed by atoms with Crippen LogP contribution in [-0.2, 0) is 4.79 Å². The molecule has 0 aliphatic rings. The largest absolute Gasteiger partial charge is 0.480 e. The fraction of sp³-hybridized carbons (Fsp3) is 0.562. The number of pyridine rings is 1. The second-order valence-electron chi connectivity index (χ2n) is 5.39. The van der Waals surface area contributed by atoms with E-state index in [1.54, 1.807) is 6.92 Å². The van der Waals surface area contributed by atoms with Gasteiger partial charge in [0.2, 0.25) is 5.88 Å². The molecule has 22 heavy (non-hydrogen) atoms. The molecule has 0 aromatic carbocycles. The molecule has 0 radical (unpaired) electrons. The van der Waals surface area contributed by atoms with Gasteiger partial charge >= 0.3 is 5.97 Å². The molecule has 1 aromatic rings. The number of aliphatic carboxylic acids is 1. The maximum Gasteiger partial charge on any atom is 0.326 e. The van der Waals surface area contributed by atoms with Crippen LogP contribution in [0.5, 0.6) is 5.88 Å². The van der Waals surface area contributed by atoms with Crippen LogP contribution < -0.4 is 10.1 Å². The molecule has 0 fully saturated rings. The highest BCUT2D eigenvalue weighted by molar-refractivity contribution is 5.96. The van der Waals surface area contributed by atoms with Crippen molar-refractivity contribution in [1.82, 2.24) is 10.3 Å². The lowest BCUT2D eigenvalue weighted by molar-refractivity contribution is -0.140. The van der Waals surface area contributed by atoms with E-state index >= 15 is 0 Å². The fourth-order valence-corrected chi connectivity index (χ4v) is 1.81. The topological polar surface area (TPSA) is 88.5 Å². The van der Waals surface area contributed by atoms with Gasteiger partial charge in [-0.1, -0.05) is 27.2 Å². The maximum absolute atomic E-state index is 12.2. The van der Waals surface area contributed by atoms with E-state index in [1.807, 2.05) is 20.8 Å². The molecule has 0 saturated carbocycles. The number of ether oxygens (including phenoxy) is 1. The molecule has 6 nitrogen and oxygen atoms in total. The van der Waals surface area contributed by atoms with Crippen molar-refractivity contribution in [2.24, 2.45) is 5.92 Å². The van der Waals surface area contributed by atoms with Gasteiger partial charge in [0.05, 0.1) is 6.10 Å². The van der Waals surface area contributed by atoms with Gasteiger partial charge in [0.25, 0.3) is 5.91 Å². The molecule has 2 N–H and O–H groups in total. The number of nitrogens with one attached hydrogen (secondary N) is 1. The Labute approximate surface area is 130 Å². The van der Waals surface area contributed by atoms with Crippen molar-refractivity contribution >= 4 is 11.9 Å². The Bertz CT molecular complexity index is 519. The second kappa shape index (κ2) is 8.36. The van der Waals surface area contributed by atoms with Gasteiger partial charge in [0.15, 0.2) is 0 Å². The van der Waals surface area contributed by atoms with E-state index in [0.717, 1.165) is 6.42 Å². The summed E-state index contributed by atoms with van der Waals surface area (Å²) in [4.78, 5) is 27.6. The number of nitrogens with zero attached hydrogens (tertiary/aromatic N) is 1. The van der Waals surface area contributed by atoms with Gasteiger partial charge in [-0.3, -0.25) is 4.79 Å². The number of carboxylic acid groups (broad SMARTS) is 1. The van der Waals surface area contributed by atoms with Crippen LogP contribution in [0.3, 0.4) is 0 Å². The third kappa shape index (κ3) is 5.02. The van der Waals surface area contributed by atoms with Crippen LogP contribution in [0.2, 0.25) is 0 Å². The minimum Gasteiger partial charge on any atom is -0.480 e. The smallest absolute Gasteiger partial charge is 0.326 e. The van der Waals surface area contributed by atoms with Crippen molar-refractivity contribution in [3.05, 3.63) is 23.9 Å². The second-order valence-corrected chi connectivity index (χ2v) is 5.39. The van der Waals surface area contributed by atoms with E-state index < -0.39 is 17.9 Å². The predicted octanol–water partition coefficient (Wildman–Crippen LogP) is 2.49. The average Bonchev–Trinajstić information content (AvgIpc) is 2.51. The van der Waals surface area contributed by atoms with Crippen LogP contribution in [0.1, 0.15) is 50.9 Å². The number of carbonyl (C=O) groups excluding carboxylic acids is 1. The van der Waals surface area contributed by atoms with E-state index in [0.29, 0.717) is 17.9 Å². The van der Waals surface area contributed by atoms with Crippen LogP contribution in [0.15, 0.2) is 18.3 Å². The van der Waals surface area contributed by atoms with E-state index in [-0.39, 0.29) is 12.0 Å². The van der Waals surface area contributed by atoms with Gasteiger partial charge in [-0.25, -0.2) is 9.78 Å². The number of hydrogen-bond donors (Lipinski definition) is 2. The molecule has 122 valence electrons. The number of carboxylic acids is 1. The van der Waals surface area contributed by atoms with Gasteiger partial charge < -0.3 is 15.2 Å². The summed E-state index contributed by atoms with van der Waals surface area (Å²) < 4.78 is 5.57. The summed E-state index contributed by atoms with van der Waals surface area (Å²) >= 11 is 0. The molecule has 0 bridgehead atoms. The zero-order valence-corrected chi connectivity index (χ0v) is 13.5. The predicted molar refractivity (Wildman–Crippen MR) is 83.0 cm³/mol. The normalized spacial score (nSPS) is 14.7.